The highest BCUT2D eigenvalue weighted by molar-refractivity contribution is 7.98. The third-order valence-electron chi connectivity index (χ3n) is 2.44. The molecule has 2 N–H and O–H groups in total. The van der Waals surface area contributed by atoms with Gasteiger partial charge < -0.3 is 15.2 Å². The zero-order valence-electron chi connectivity index (χ0n) is 10.6. The number of nitrogen functional groups attached to an aromatic ring is 1. The van der Waals surface area contributed by atoms with Gasteiger partial charge in [-0.25, -0.2) is 0 Å². The van der Waals surface area contributed by atoms with Gasteiger partial charge in [-0.2, -0.15) is 11.8 Å². The fraction of sp³-hybridized carbons (Fsp3) is 0.538. The average Bonchev–Trinajstić information content (AvgIpc) is 2.35. The van der Waals surface area contributed by atoms with Crippen molar-refractivity contribution in [3.05, 3.63) is 18.2 Å². The average molecular weight is 255 g/mol. The molecule has 0 bridgehead atoms. The van der Waals surface area contributed by atoms with E-state index in [-0.39, 0.29) is 0 Å². The molecule has 0 spiro atoms. The third-order valence-corrected chi connectivity index (χ3v) is 3.13. The van der Waals surface area contributed by atoms with Crippen molar-refractivity contribution >= 4 is 17.4 Å². The normalized spacial score (nSPS) is 10.2. The smallest absolute Gasteiger partial charge is 0.162 e. The fourth-order valence-electron chi connectivity index (χ4n) is 1.51. The highest BCUT2D eigenvalue weighted by atomic mass is 32.2. The van der Waals surface area contributed by atoms with Gasteiger partial charge in [0.05, 0.1) is 13.7 Å². The first-order chi connectivity index (χ1) is 8.27. The molecule has 1 rings (SSSR count). The molecule has 17 heavy (non-hydrogen) atoms. The Morgan fingerprint density at radius 3 is 2.71 bits per heavy atom. The number of rotatable bonds is 8. The van der Waals surface area contributed by atoms with Crippen LogP contribution >= 0.6 is 11.8 Å². The van der Waals surface area contributed by atoms with Gasteiger partial charge in [-0.05, 0) is 43.4 Å². The Morgan fingerprint density at radius 1 is 1.18 bits per heavy atom. The Kier molecular flexibility index (Phi) is 6.70. The quantitative estimate of drug-likeness (QED) is 0.572. The summed E-state index contributed by atoms with van der Waals surface area (Å²) in [7, 11) is 1.63. The van der Waals surface area contributed by atoms with E-state index in [2.05, 4.69) is 6.26 Å². The summed E-state index contributed by atoms with van der Waals surface area (Å²) in [6.07, 6.45) is 5.67. The summed E-state index contributed by atoms with van der Waals surface area (Å²) in [5.74, 6) is 2.70. The van der Waals surface area contributed by atoms with E-state index in [0.717, 1.165) is 18.8 Å². The van der Waals surface area contributed by atoms with Crippen LogP contribution in [0.4, 0.5) is 5.69 Å². The SMILES string of the molecule is COc1cc(N)ccc1OCCCCCSC. The van der Waals surface area contributed by atoms with Crippen molar-refractivity contribution in [3.63, 3.8) is 0 Å². The van der Waals surface area contributed by atoms with Crippen molar-refractivity contribution in [2.75, 3.05) is 31.5 Å². The summed E-state index contributed by atoms with van der Waals surface area (Å²) in [5.41, 5.74) is 6.36. The maximum Gasteiger partial charge on any atom is 0.162 e. The van der Waals surface area contributed by atoms with Gasteiger partial charge in [0.25, 0.3) is 0 Å². The number of hydrogen-bond donors (Lipinski definition) is 1. The number of methoxy groups -OCH3 is 1. The van der Waals surface area contributed by atoms with E-state index >= 15 is 0 Å². The molecule has 0 radical (unpaired) electrons. The molecule has 0 aliphatic heterocycles. The molecule has 0 aromatic heterocycles. The molecule has 0 heterocycles. The molecular weight excluding hydrogens is 234 g/mol. The van der Waals surface area contributed by atoms with Gasteiger partial charge in [0.15, 0.2) is 11.5 Å². The van der Waals surface area contributed by atoms with Crippen LogP contribution in [0.1, 0.15) is 19.3 Å². The lowest BCUT2D eigenvalue weighted by molar-refractivity contribution is 0.286. The highest BCUT2D eigenvalue weighted by Crippen LogP contribution is 2.29. The van der Waals surface area contributed by atoms with E-state index in [4.69, 9.17) is 15.2 Å². The lowest BCUT2D eigenvalue weighted by Crippen LogP contribution is -2.00. The van der Waals surface area contributed by atoms with Crippen molar-refractivity contribution < 1.29 is 9.47 Å². The van der Waals surface area contributed by atoms with E-state index in [9.17, 15) is 0 Å². The predicted octanol–water partition coefficient (Wildman–Crippen LogP) is 3.19. The van der Waals surface area contributed by atoms with Gasteiger partial charge in [0.1, 0.15) is 0 Å². The van der Waals surface area contributed by atoms with E-state index in [0.29, 0.717) is 11.4 Å². The molecule has 0 saturated carbocycles. The topological polar surface area (TPSA) is 44.5 Å². The van der Waals surface area contributed by atoms with Crippen LogP contribution in [-0.2, 0) is 0 Å². The number of thioether (sulfide) groups is 1. The van der Waals surface area contributed by atoms with Gasteiger partial charge in [-0.15, -0.1) is 0 Å². The van der Waals surface area contributed by atoms with Crippen LogP contribution in [-0.4, -0.2) is 25.7 Å². The van der Waals surface area contributed by atoms with Crippen LogP contribution < -0.4 is 15.2 Å². The molecular formula is C13H21NO2S. The highest BCUT2D eigenvalue weighted by Gasteiger charge is 2.03. The molecule has 1 aromatic rings. The second kappa shape index (κ2) is 8.12. The number of benzene rings is 1. The van der Waals surface area contributed by atoms with Gasteiger partial charge >= 0.3 is 0 Å². The van der Waals surface area contributed by atoms with E-state index < -0.39 is 0 Å². The van der Waals surface area contributed by atoms with Gasteiger partial charge in [0, 0.05) is 11.8 Å². The fourth-order valence-corrected chi connectivity index (χ4v) is 2.00. The van der Waals surface area contributed by atoms with Gasteiger partial charge in [0.2, 0.25) is 0 Å². The second-order valence-corrected chi connectivity index (χ2v) is 4.80. The largest absolute Gasteiger partial charge is 0.493 e. The Labute approximate surface area is 108 Å². The monoisotopic (exact) mass is 255 g/mol. The molecule has 0 saturated heterocycles. The summed E-state index contributed by atoms with van der Waals surface area (Å²) < 4.78 is 10.9. The summed E-state index contributed by atoms with van der Waals surface area (Å²) in [6, 6.07) is 5.46. The summed E-state index contributed by atoms with van der Waals surface area (Å²) in [4.78, 5) is 0. The van der Waals surface area contributed by atoms with E-state index in [1.54, 1.807) is 13.2 Å². The van der Waals surface area contributed by atoms with Crippen molar-refractivity contribution in [2.24, 2.45) is 0 Å². The maximum absolute atomic E-state index is 5.68. The van der Waals surface area contributed by atoms with Crippen LogP contribution in [0.15, 0.2) is 18.2 Å². The number of nitrogens with two attached hydrogens (primary N) is 1. The molecule has 0 aliphatic carbocycles. The van der Waals surface area contributed by atoms with Crippen molar-refractivity contribution in [2.45, 2.75) is 19.3 Å². The lowest BCUT2D eigenvalue weighted by atomic mass is 10.2. The number of hydrogen-bond acceptors (Lipinski definition) is 4. The first-order valence-electron chi connectivity index (χ1n) is 5.83. The first kappa shape index (κ1) is 14.0. The minimum Gasteiger partial charge on any atom is -0.493 e. The van der Waals surface area contributed by atoms with Gasteiger partial charge in [-0.1, -0.05) is 0 Å². The maximum atomic E-state index is 5.68. The van der Waals surface area contributed by atoms with Crippen molar-refractivity contribution in [1.82, 2.24) is 0 Å². The Hall–Kier alpha value is -1.03. The Balaban J connectivity index is 2.31. The molecule has 0 amide bonds. The van der Waals surface area contributed by atoms with Gasteiger partial charge in [-0.3, -0.25) is 0 Å². The molecule has 0 unspecified atom stereocenters. The molecule has 0 fully saturated rings. The van der Waals surface area contributed by atoms with Crippen LogP contribution in [0, 0.1) is 0 Å². The summed E-state index contributed by atoms with van der Waals surface area (Å²) in [6.45, 7) is 0.731. The Bertz CT molecular complexity index is 331. The second-order valence-electron chi connectivity index (χ2n) is 3.81. The zero-order valence-corrected chi connectivity index (χ0v) is 11.4. The summed E-state index contributed by atoms with van der Waals surface area (Å²) >= 11 is 1.89. The third kappa shape index (κ3) is 5.22. The minimum atomic E-state index is 0.689. The molecule has 96 valence electrons. The predicted molar refractivity (Wildman–Crippen MR) is 75.1 cm³/mol. The summed E-state index contributed by atoms with van der Waals surface area (Å²) in [5, 5.41) is 0. The molecule has 3 nitrogen and oxygen atoms in total. The molecule has 4 heteroatoms. The van der Waals surface area contributed by atoms with Crippen LogP contribution in [0.5, 0.6) is 11.5 Å². The number of anilines is 1. The zero-order chi connectivity index (χ0) is 12.5. The van der Waals surface area contributed by atoms with Crippen LogP contribution in [0.25, 0.3) is 0 Å². The molecule has 0 aliphatic rings. The number of unbranched alkanes of at least 4 members (excludes halogenated alkanes) is 2. The van der Waals surface area contributed by atoms with E-state index in [1.807, 2.05) is 23.9 Å². The van der Waals surface area contributed by atoms with Crippen molar-refractivity contribution in [1.29, 1.82) is 0 Å². The first-order valence-corrected chi connectivity index (χ1v) is 7.22. The van der Waals surface area contributed by atoms with Crippen LogP contribution in [0.3, 0.4) is 0 Å². The van der Waals surface area contributed by atoms with E-state index in [1.165, 1.54) is 18.6 Å². The number of ether oxygens (including phenoxy) is 2. The Morgan fingerprint density at radius 2 is 2.00 bits per heavy atom. The molecule has 0 atom stereocenters. The lowest BCUT2D eigenvalue weighted by Gasteiger charge is -2.10. The van der Waals surface area contributed by atoms with Crippen molar-refractivity contribution in [3.8, 4) is 11.5 Å². The minimum absolute atomic E-state index is 0.689. The molecule has 1 aromatic carbocycles. The standard InChI is InChI=1S/C13H21NO2S/c1-15-13-10-11(14)6-7-12(13)16-8-4-3-5-9-17-2/h6-7,10H,3-5,8-9,14H2,1-2H3. The van der Waals surface area contributed by atoms with Crippen LogP contribution in [0.2, 0.25) is 0 Å².